The first-order valence-corrected chi connectivity index (χ1v) is 12.7. The number of fused-ring (bicyclic) bond motifs is 1. The van der Waals surface area contributed by atoms with Crippen molar-refractivity contribution in [1.29, 1.82) is 0 Å². The maximum Gasteiger partial charge on any atom is 0.347 e. The lowest BCUT2D eigenvalue weighted by molar-refractivity contribution is -0.689. The van der Waals surface area contributed by atoms with Crippen LogP contribution in [0.15, 0.2) is 47.0 Å². The Morgan fingerprint density at radius 1 is 1.44 bits per heavy atom. The van der Waals surface area contributed by atoms with E-state index in [1.54, 1.807) is 0 Å². The quantitative estimate of drug-likeness (QED) is 0.131. The molecule has 0 aliphatic carbocycles. The van der Waals surface area contributed by atoms with Gasteiger partial charge in [-0.3, -0.25) is 19.3 Å². The second-order valence-electron chi connectivity index (χ2n) is 7.72. The lowest BCUT2D eigenvalue weighted by Crippen LogP contribution is -2.70. The number of amides is 2. The molecule has 188 valence electrons. The normalized spacial score (nSPS) is 20.3. The Labute approximate surface area is 217 Å². The summed E-state index contributed by atoms with van der Waals surface area (Å²) in [5.74, 6) is -2.16. The van der Waals surface area contributed by atoms with Gasteiger partial charge in [0.25, 0.3) is 11.8 Å². The molecule has 2 aromatic rings. The molecule has 15 heteroatoms. The summed E-state index contributed by atoms with van der Waals surface area (Å²) < 4.78 is 1.93. The number of carboxylic acids is 1. The van der Waals surface area contributed by atoms with Gasteiger partial charge in [-0.05, 0) is 6.92 Å². The molecule has 2 amide bonds. The number of carbonyl (C=O) groups is 4. The minimum absolute atomic E-state index is 0.0378. The fourth-order valence-electron chi connectivity index (χ4n) is 3.52. The largest absolute Gasteiger partial charge is 0.478 e. The summed E-state index contributed by atoms with van der Waals surface area (Å²) in [4.78, 5) is 59.3. The van der Waals surface area contributed by atoms with E-state index in [2.05, 4.69) is 15.5 Å². The molecule has 4 rings (SSSR count). The Morgan fingerprint density at radius 3 is 2.78 bits per heavy atom. The second kappa shape index (κ2) is 10.6. The first kappa shape index (κ1) is 25.6. The summed E-state index contributed by atoms with van der Waals surface area (Å²) in [6.45, 7) is 1.66. The summed E-state index contributed by atoms with van der Waals surface area (Å²) >= 11 is 8.42. The fourth-order valence-corrected chi connectivity index (χ4v) is 5.81. The van der Waals surface area contributed by atoms with Crippen LogP contribution in [0.3, 0.4) is 0 Å². The maximum absolute atomic E-state index is 13.1. The van der Waals surface area contributed by atoms with Crippen molar-refractivity contribution in [1.82, 2.24) is 15.2 Å². The van der Waals surface area contributed by atoms with Crippen LogP contribution in [0.4, 0.5) is 5.13 Å². The average Bonchev–Trinajstić information content (AvgIpc) is 3.19. The number of nitrogen functional groups attached to an aromatic ring is 1. The number of hydrogen-bond donors (Lipinski definition) is 3. The van der Waals surface area contributed by atoms with Crippen molar-refractivity contribution in [2.24, 2.45) is 5.16 Å². The SMILES string of the molecule is C[C@H](O/N=C(\C(=O)NC1C(=O)N2C(C=O)=C(C[n+]3ccccc3)CSC12)c1nc(N)sc1Cl)C(=O)O. The summed E-state index contributed by atoms with van der Waals surface area (Å²) in [6.07, 6.45) is 3.00. The van der Waals surface area contributed by atoms with Crippen LogP contribution in [0, 0.1) is 0 Å². The zero-order valence-corrected chi connectivity index (χ0v) is 21.0. The number of aliphatic carboxylic acids is 1. The minimum atomic E-state index is -1.36. The first-order chi connectivity index (χ1) is 17.2. The molecule has 2 aliphatic rings. The van der Waals surface area contributed by atoms with Gasteiger partial charge in [0, 0.05) is 23.5 Å². The fraction of sp³-hybridized carbons (Fsp3) is 0.286. The van der Waals surface area contributed by atoms with E-state index in [9.17, 15) is 19.2 Å². The second-order valence-corrected chi connectivity index (χ2v) is 10.5. The number of carbonyl (C=O) groups excluding carboxylic acids is 3. The van der Waals surface area contributed by atoms with Gasteiger partial charge in [-0.25, -0.2) is 14.3 Å². The van der Waals surface area contributed by atoms with E-state index in [0.29, 0.717) is 18.6 Å². The molecule has 0 spiro atoms. The molecule has 1 saturated heterocycles. The third kappa shape index (κ3) is 5.05. The average molecular weight is 552 g/mol. The monoisotopic (exact) mass is 551 g/mol. The molecule has 0 radical (unpaired) electrons. The van der Waals surface area contributed by atoms with E-state index in [1.165, 1.54) is 23.6 Å². The van der Waals surface area contributed by atoms with Crippen molar-refractivity contribution in [2.75, 3.05) is 11.5 Å². The summed E-state index contributed by atoms with van der Waals surface area (Å²) in [7, 11) is 0. The number of pyridine rings is 1. The van der Waals surface area contributed by atoms with Crippen molar-refractivity contribution in [2.45, 2.75) is 31.0 Å². The maximum atomic E-state index is 13.1. The zero-order valence-electron chi connectivity index (χ0n) is 18.7. The number of anilines is 1. The Balaban J connectivity index is 1.53. The smallest absolute Gasteiger partial charge is 0.347 e. The molecule has 36 heavy (non-hydrogen) atoms. The predicted molar refractivity (Wildman–Crippen MR) is 131 cm³/mol. The molecule has 4 N–H and O–H groups in total. The molecule has 2 aromatic heterocycles. The van der Waals surface area contributed by atoms with Crippen LogP contribution in [-0.4, -0.2) is 68.0 Å². The Hall–Kier alpha value is -3.49. The van der Waals surface area contributed by atoms with E-state index < -0.39 is 41.0 Å². The van der Waals surface area contributed by atoms with Crippen molar-refractivity contribution in [3.63, 3.8) is 0 Å². The number of nitrogens with two attached hydrogens (primary N) is 1. The molecule has 3 atom stereocenters. The Kier molecular flexibility index (Phi) is 7.56. The Morgan fingerprint density at radius 2 is 2.17 bits per heavy atom. The highest BCUT2D eigenvalue weighted by Crippen LogP contribution is 2.39. The highest BCUT2D eigenvalue weighted by molar-refractivity contribution is 8.00. The van der Waals surface area contributed by atoms with Crippen molar-refractivity contribution in [3.05, 3.63) is 51.9 Å². The van der Waals surface area contributed by atoms with Crippen molar-refractivity contribution in [3.8, 4) is 0 Å². The van der Waals surface area contributed by atoms with Crippen LogP contribution >= 0.6 is 34.7 Å². The number of oxime groups is 1. The van der Waals surface area contributed by atoms with Gasteiger partial charge in [-0.1, -0.05) is 34.2 Å². The van der Waals surface area contributed by atoms with Crippen LogP contribution in [-0.2, 0) is 30.6 Å². The summed E-state index contributed by atoms with van der Waals surface area (Å²) in [5.41, 5.74) is 6.18. The van der Waals surface area contributed by atoms with Gasteiger partial charge in [0.1, 0.15) is 21.4 Å². The molecular weight excluding hydrogens is 532 g/mol. The highest BCUT2D eigenvalue weighted by Gasteiger charge is 2.53. The van der Waals surface area contributed by atoms with E-state index in [4.69, 9.17) is 27.3 Å². The van der Waals surface area contributed by atoms with E-state index in [0.717, 1.165) is 16.9 Å². The number of nitrogens with one attached hydrogen (secondary N) is 1. The molecule has 0 aromatic carbocycles. The van der Waals surface area contributed by atoms with Gasteiger partial charge in [0.15, 0.2) is 36.1 Å². The number of aldehydes is 1. The molecule has 0 bridgehead atoms. The molecule has 0 saturated carbocycles. The molecule has 1 fully saturated rings. The van der Waals surface area contributed by atoms with Crippen LogP contribution in [0.2, 0.25) is 4.34 Å². The molecule has 4 heterocycles. The van der Waals surface area contributed by atoms with Crippen LogP contribution in [0.1, 0.15) is 12.6 Å². The van der Waals surface area contributed by atoms with Gasteiger partial charge < -0.3 is 21.0 Å². The molecular formula is C21H20ClN6O6S2+. The van der Waals surface area contributed by atoms with Gasteiger partial charge >= 0.3 is 5.97 Å². The predicted octanol–water partition coefficient (Wildman–Crippen LogP) is 0.413. The topological polar surface area (TPSA) is 168 Å². The molecule has 12 nitrogen and oxygen atoms in total. The van der Waals surface area contributed by atoms with E-state index in [1.807, 2.05) is 35.2 Å². The van der Waals surface area contributed by atoms with Crippen LogP contribution < -0.4 is 15.6 Å². The van der Waals surface area contributed by atoms with E-state index >= 15 is 0 Å². The number of aromatic nitrogens is 2. The minimum Gasteiger partial charge on any atom is -0.478 e. The standard InChI is InChI=1S/C21H19ClN6O6S2/c1-10(20(32)33)34-26-14(13-16(22)36-21(23)25-13)17(30)24-15-18(31)28-12(8-29)11(9-35-19(15)28)7-27-5-3-2-4-6-27/h2-6,8,10,15,19H,7,9H2,1H3,(H3-,23,24,25,30,32,33)/p+1/b26-14-/t10-,15?,19?/m0/s1. The highest BCUT2D eigenvalue weighted by atomic mass is 35.5. The van der Waals surface area contributed by atoms with E-state index in [-0.39, 0.29) is 20.9 Å². The third-order valence-electron chi connectivity index (χ3n) is 5.33. The number of thiazole rings is 1. The number of rotatable bonds is 9. The Bertz CT molecular complexity index is 1280. The van der Waals surface area contributed by atoms with Gasteiger partial charge in [-0.2, -0.15) is 0 Å². The van der Waals surface area contributed by atoms with Crippen LogP contribution in [0.25, 0.3) is 0 Å². The molecule has 2 aliphatic heterocycles. The number of allylic oxidation sites excluding steroid dienone is 1. The van der Waals surface area contributed by atoms with Crippen LogP contribution in [0.5, 0.6) is 0 Å². The van der Waals surface area contributed by atoms with Gasteiger partial charge in [0.2, 0.25) is 6.10 Å². The lowest BCUT2D eigenvalue weighted by Gasteiger charge is -2.49. The lowest BCUT2D eigenvalue weighted by atomic mass is 10.0. The van der Waals surface area contributed by atoms with Gasteiger partial charge in [-0.15, -0.1) is 11.8 Å². The molecule has 2 unspecified atom stereocenters. The zero-order chi connectivity index (χ0) is 26.0. The number of thioether (sulfide) groups is 1. The number of hydrogen-bond acceptors (Lipinski definition) is 10. The van der Waals surface area contributed by atoms with Gasteiger partial charge in [0.05, 0.1) is 5.70 Å². The van der Waals surface area contributed by atoms with Crippen molar-refractivity contribution < 1.29 is 33.7 Å². The summed E-state index contributed by atoms with van der Waals surface area (Å²) in [6, 6.07) is 4.65. The van der Waals surface area contributed by atoms with Crippen molar-refractivity contribution >= 4 is 69.6 Å². The third-order valence-corrected chi connectivity index (χ3v) is 7.76. The first-order valence-electron chi connectivity index (χ1n) is 10.5. The summed E-state index contributed by atoms with van der Waals surface area (Å²) in [5, 5.41) is 14.8. The number of halogens is 1. The number of carboxylic acid groups (broad SMARTS) is 1. The number of β-lactam (4-membered cyclic amide) rings is 1. The number of nitrogens with zero attached hydrogens (tertiary/aromatic N) is 4.